The second-order valence-electron chi connectivity index (χ2n) is 13.7. The second-order valence-corrected chi connectivity index (χ2v) is 13.7. The molecule has 9 aromatic carbocycles. The van der Waals surface area contributed by atoms with Crippen LogP contribution in [0.5, 0.6) is 0 Å². The lowest BCUT2D eigenvalue weighted by Crippen LogP contribution is -2.11. The van der Waals surface area contributed by atoms with E-state index in [4.69, 9.17) is 8.83 Å². The number of benzene rings is 9. The highest BCUT2D eigenvalue weighted by atomic mass is 16.3. The topological polar surface area (TPSA) is 29.5 Å². The fraction of sp³-hybridized carbons (Fsp3) is 0. The van der Waals surface area contributed by atoms with Gasteiger partial charge in [0.1, 0.15) is 22.3 Å². The van der Waals surface area contributed by atoms with Gasteiger partial charge < -0.3 is 13.7 Å². The Bertz CT molecular complexity index is 3200. The molecule has 0 aliphatic carbocycles. The molecule has 0 spiro atoms. The first-order chi connectivity index (χ1) is 26.3. The van der Waals surface area contributed by atoms with Gasteiger partial charge in [-0.3, -0.25) is 0 Å². The van der Waals surface area contributed by atoms with E-state index >= 15 is 0 Å². The molecule has 0 atom stereocenters. The summed E-state index contributed by atoms with van der Waals surface area (Å²) in [5, 5.41) is 9.17. The van der Waals surface area contributed by atoms with Crippen molar-refractivity contribution in [1.82, 2.24) is 0 Å². The molecule has 0 amide bonds. The summed E-state index contributed by atoms with van der Waals surface area (Å²) in [5.74, 6) is 0. The van der Waals surface area contributed by atoms with Crippen molar-refractivity contribution in [2.45, 2.75) is 0 Å². The molecule has 11 rings (SSSR count). The summed E-state index contributed by atoms with van der Waals surface area (Å²) in [6, 6.07) is 67.0. The third kappa shape index (κ3) is 4.75. The van der Waals surface area contributed by atoms with Crippen LogP contribution in [0, 0.1) is 0 Å². The molecule has 0 aliphatic rings. The Labute approximate surface area is 305 Å². The fourth-order valence-corrected chi connectivity index (χ4v) is 8.13. The average molecular weight is 678 g/mol. The van der Waals surface area contributed by atoms with Crippen LogP contribution in [0.3, 0.4) is 0 Å². The summed E-state index contributed by atoms with van der Waals surface area (Å²) < 4.78 is 12.7. The Morgan fingerprint density at radius 2 is 0.925 bits per heavy atom. The van der Waals surface area contributed by atoms with E-state index in [0.717, 1.165) is 88.6 Å². The lowest BCUT2D eigenvalue weighted by molar-refractivity contribution is 0.669. The lowest BCUT2D eigenvalue weighted by Gasteiger charge is -2.29. The number of para-hydroxylation sites is 2. The highest BCUT2D eigenvalue weighted by molar-refractivity contribution is 6.16. The highest BCUT2D eigenvalue weighted by Crippen LogP contribution is 2.45. The quantitative estimate of drug-likeness (QED) is 0.182. The SMILES string of the molecule is c1cc(-c2ccc3oc4ccccc4c3c2)cc(N(c2ccccc2-c2ccc3oc4c5ccccc5ccc4c3c2)c2cccc3ccccc23)c1. The smallest absolute Gasteiger partial charge is 0.143 e. The molecule has 3 nitrogen and oxygen atoms in total. The van der Waals surface area contributed by atoms with E-state index in [-0.39, 0.29) is 0 Å². The summed E-state index contributed by atoms with van der Waals surface area (Å²) in [5.41, 5.74) is 11.4. The van der Waals surface area contributed by atoms with Gasteiger partial charge in [0.25, 0.3) is 0 Å². The second kappa shape index (κ2) is 11.7. The number of hydrogen-bond acceptors (Lipinski definition) is 3. The van der Waals surface area contributed by atoms with Crippen LogP contribution in [0.4, 0.5) is 17.1 Å². The van der Waals surface area contributed by atoms with E-state index in [9.17, 15) is 0 Å². The van der Waals surface area contributed by atoms with Crippen LogP contribution in [0.1, 0.15) is 0 Å². The lowest BCUT2D eigenvalue weighted by atomic mass is 9.97. The molecule has 0 saturated heterocycles. The van der Waals surface area contributed by atoms with Gasteiger partial charge in [0.15, 0.2) is 0 Å². The minimum absolute atomic E-state index is 0.888. The number of hydrogen-bond donors (Lipinski definition) is 0. The Balaban J connectivity index is 1.11. The number of fused-ring (bicyclic) bond motifs is 9. The maximum absolute atomic E-state index is 6.51. The van der Waals surface area contributed by atoms with E-state index in [2.05, 4.69) is 181 Å². The van der Waals surface area contributed by atoms with Gasteiger partial charge in [0.05, 0.1) is 11.4 Å². The van der Waals surface area contributed by atoms with Gasteiger partial charge in [-0.1, -0.05) is 127 Å². The number of furan rings is 2. The zero-order chi connectivity index (χ0) is 34.9. The first-order valence-electron chi connectivity index (χ1n) is 18.0. The maximum atomic E-state index is 6.51. The van der Waals surface area contributed by atoms with Gasteiger partial charge in [-0.2, -0.15) is 0 Å². The molecule has 0 saturated carbocycles. The average Bonchev–Trinajstić information content (AvgIpc) is 3.79. The molecule has 2 heterocycles. The zero-order valence-electron chi connectivity index (χ0n) is 28.7. The summed E-state index contributed by atoms with van der Waals surface area (Å²) >= 11 is 0. The third-order valence-corrected chi connectivity index (χ3v) is 10.6. The molecule has 2 aromatic heterocycles. The predicted octanol–water partition coefficient (Wildman–Crippen LogP) is 14.6. The molecule has 248 valence electrons. The number of anilines is 3. The molecule has 0 bridgehead atoms. The largest absolute Gasteiger partial charge is 0.456 e. The molecule has 0 radical (unpaired) electrons. The predicted molar refractivity (Wildman–Crippen MR) is 222 cm³/mol. The first-order valence-corrected chi connectivity index (χ1v) is 18.0. The zero-order valence-corrected chi connectivity index (χ0v) is 28.7. The van der Waals surface area contributed by atoms with Crippen LogP contribution in [0.2, 0.25) is 0 Å². The van der Waals surface area contributed by atoms with E-state index < -0.39 is 0 Å². The Morgan fingerprint density at radius 3 is 1.83 bits per heavy atom. The van der Waals surface area contributed by atoms with Crippen molar-refractivity contribution in [3.05, 3.63) is 188 Å². The van der Waals surface area contributed by atoms with Crippen LogP contribution in [-0.4, -0.2) is 0 Å². The van der Waals surface area contributed by atoms with Crippen LogP contribution < -0.4 is 4.90 Å². The summed E-state index contributed by atoms with van der Waals surface area (Å²) in [6.45, 7) is 0. The molecule has 0 N–H and O–H groups in total. The molecule has 11 aromatic rings. The van der Waals surface area contributed by atoms with E-state index in [1.54, 1.807) is 0 Å². The molecule has 3 heteroatoms. The maximum Gasteiger partial charge on any atom is 0.143 e. The molecule has 0 fully saturated rings. The van der Waals surface area contributed by atoms with Gasteiger partial charge >= 0.3 is 0 Å². The fourth-order valence-electron chi connectivity index (χ4n) is 8.13. The normalized spacial score (nSPS) is 11.8. The van der Waals surface area contributed by atoms with Crippen LogP contribution in [-0.2, 0) is 0 Å². The van der Waals surface area contributed by atoms with Crippen molar-refractivity contribution in [2.24, 2.45) is 0 Å². The van der Waals surface area contributed by atoms with Crippen molar-refractivity contribution < 1.29 is 8.83 Å². The summed E-state index contributed by atoms with van der Waals surface area (Å²) in [7, 11) is 0. The Kier molecular flexibility index (Phi) is 6.55. The summed E-state index contributed by atoms with van der Waals surface area (Å²) in [4.78, 5) is 2.41. The molecule has 0 unspecified atom stereocenters. The number of nitrogens with zero attached hydrogens (tertiary/aromatic N) is 1. The minimum Gasteiger partial charge on any atom is -0.456 e. The monoisotopic (exact) mass is 677 g/mol. The molecule has 0 aliphatic heterocycles. The Morgan fingerprint density at radius 1 is 0.321 bits per heavy atom. The van der Waals surface area contributed by atoms with Crippen LogP contribution in [0.25, 0.3) is 87.7 Å². The minimum atomic E-state index is 0.888. The molecular weight excluding hydrogens is 647 g/mol. The van der Waals surface area contributed by atoms with E-state index in [1.165, 1.54) is 16.2 Å². The van der Waals surface area contributed by atoms with Crippen molar-refractivity contribution in [2.75, 3.05) is 4.90 Å². The molecular formula is C50H31NO2. The van der Waals surface area contributed by atoms with Crippen molar-refractivity contribution in [3.8, 4) is 22.3 Å². The first kappa shape index (κ1) is 29.6. The van der Waals surface area contributed by atoms with E-state index in [1.807, 2.05) is 12.1 Å². The third-order valence-electron chi connectivity index (χ3n) is 10.6. The standard InChI is InChI=1S/C50H31NO2/c1-3-16-38-32(11-1)13-10-21-46(38)51(37-15-9-14-34(29-37)35-24-27-48-43(30-35)41-19-6-8-22-47(41)52-48)45-20-7-5-17-39(45)36-25-28-49-44(31-36)42-26-23-33-12-2-4-18-40(33)50(42)53-49/h1-31H. The van der Waals surface area contributed by atoms with Crippen LogP contribution >= 0.6 is 0 Å². The highest BCUT2D eigenvalue weighted by Gasteiger charge is 2.21. The van der Waals surface area contributed by atoms with Crippen LogP contribution in [0.15, 0.2) is 197 Å². The van der Waals surface area contributed by atoms with E-state index in [0.29, 0.717) is 0 Å². The van der Waals surface area contributed by atoms with Crippen molar-refractivity contribution in [1.29, 1.82) is 0 Å². The van der Waals surface area contributed by atoms with Gasteiger partial charge in [-0.15, -0.1) is 0 Å². The van der Waals surface area contributed by atoms with Crippen molar-refractivity contribution >= 4 is 82.5 Å². The Hall–Kier alpha value is -7.10. The van der Waals surface area contributed by atoms with Gasteiger partial charge in [0.2, 0.25) is 0 Å². The van der Waals surface area contributed by atoms with Gasteiger partial charge in [0, 0.05) is 43.6 Å². The number of rotatable bonds is 5. The molecule has 53 heavy (non-hydrogen) atoms. The summed E-state index contributed by atoms with van der Waals surface area (Å²) in [6.07, 6.45) is 0. The van der Waals surface area contributed by atoms with Gasteiger partial charge in [-0.05, 0) is 88.1 Å². The van der Waals surface area contributed by atoms with Gasteiger partial charge in [-0.25, -0.2) is 0 Å². The van der Waals surface area contributed by atoms with Crippen molar-refractivity contribution in [3.63, 3.8) is 0 Å².